The van der Waals surface area contributed by atoms with Gasteiger partial charge in [0.1, 0.15) is 23.8 Å². The van der Waals surface area contributed by atoms with Gasteiger partial charge < -0.3 is 23.7 Å². The van der Waals surface area contributed by atoms with Crippen LogP contribution in [0.5, 0.6) is 5.75 Å². The van der Waals surface area contributed by atoms with E-state index in [9.17, 15) is 14.3 Å². The second-order valence-corrected chi connectivity index (χ2v) is 10.2. The van der Waals surface area contributed by atoms with E-state index < -0.39 is 22.8 Å². The Morgan fingerprint density at radius 3 is 2.89 bits per heavy atom. The molecule has 6 rings (SSSR count). The number of hydrogen-bond donors (Lipinski definition) is 1. The molecule has 8 heteroatoms. The predicted octanol–water partition coefficient (Wildman–Crippen LogP) is 5.35. The Labute approximate surface area is 204 Å². The van der Waals surface area contributed by atoms with Crippen molar-refractivity contribution in [2.75, 3.05) is 6.61 Å². The van der Waals surface area contributed by atoms with E-state index in [4.69, 9.17) is 18.6 Å². The monoisotopic (exact) mass is 494 g/mol. The third-order valence-corrected chi connectivity index (χ3v) is 7.31. The fraction of sp³-hybridized carbons (Fsp3) is 0.296. The van der Waals surface area contributed by atoms with E-state index in [1.165, 1.54) is 18.2 Å². The van der Waals surface area contributed by atoms with Crippen molar-refractivity contribution in [1.82, 2.24) is 0 Å². The van der Waals surface area contributed by atoms with E-state index in [2.05, 4.69) is 0 Å². The molecule has 2 bridgehead atoms. The fourth-order valence-corrected chi connectivity index (χ4v) is 5.77. The quantitative estimate of drug-likeness (QED) is 0.377. The van der Waals surface area contributed by atoms with Crippen LogP contribution >= 0.6 is 11.3 Å². The minimum absolute atomic E-state index is 0.135. The number of hydrogen-bond acceptors (Lipinski definition) is 7. The largest absolute Gasteiger partial charge is 0.489 e. The molecule has 0 amide bonds. The Hall–Kier alpha value is -3.04. The lowest BCUT2D eigenvalue weighted by molar-refractivity contribution is -0.226. The summed E-state index contributed by atoms with van der Waals surface area (Å²) in [6.07, 6.45) is 0.287. The zero-order valence-electron chi connectivity index (χ0n) is 19.0. The minimum atomic E-state index is -1.28. The Morgan fingerprint density at radius 2 is 2.09 bits per heavy atom. The second kappa shape index (κ2) is 8.27. The van der Waals surface area contributed by atoms with Crippen molar-refractivity contribution in [3.05, 3.63) is 86.7 Å². The summed E-state index contributed by atoms with van der Waals surface area (Å²) in [4.78, 5) is 12.1. The topological polar surface area (TPSA) is 78.1 Å². The van der Waals surface area contributed by atoms with E-state index >= 15 is 0 Å². The smallest absolute Gasteiger partial charge is 0.336 e. The van der Waals surface area contributed by atoms with E-state index in [1.807, 2.05) is 29.0 Å². The number of benzene rings is 2. The summed E-state index contributed by atoms with van der Waals surface area (Å²) in [5.74, 6) is -1.09. The van der Waals surface area contributed by atoms with E-state index in [-0.39, 0.29) is 19.1 Å². The number of thiophene rings is 1. The Kier molecular flexibility index (Phi) is 5.30. The molecular weight excluding hydrogens is 471 g/mol. The number of rotatable bonds is 5. The third kappa shape index (κ3) is 4.27. The van der Waals surface area contributed by atoms with Gasteiger partial charge in [-0.3, -0.25) is 0 Å². The molecule has 4 aromatic rings. The molecule has 4 heterocycles. The lowest BCUT2D eigenvalue weighted by Gasteiger charge is -2.40. The first-order chi connectivity index (χ1) is 16.8. The van der Waals surface area contributed by atoms with E-state index in [1.54, 1.807) is 30.4 Å². The lowest BCUT2D eigenvalue weighted by Crippen LogP contribution is -2.45. The summed E-state index contributed by atoms with van der Waals surface area (Å²) < 4.78 is 37.3. The molecule has 2 aliphatic rings. The predicted molar refractivity (Wildman–Crippen MR) is 129 cm³/mol. The van der Waals surface area contributed by atoms with Crippen LogP contribution in [-0.4, -0.2) is 23.6 Å². The highest BCUT2D eigenvalue weighted by molar-refractivity contribution is 7.08. The van der Waals surface area contributed by atoms with Crippen LogP contribution in [0.1, 0.15) is 30.9 Å². The van der Waals surface area contributed by atoms with E-state index in [0.29, 0.717) is 29.9 Å². The first kappa shape index (κ1) is 22.4. The molecule has 2 aromatic carbocycles. The summed E-state index contributed by atoms with van der Waals surface area (Å²) in [5.41, 5.74) is 1.72. The molecule has 2 saturated heterocycles. The molecular formula is C27H23FO6S. The maximum atomic E-state index is 14.5. The Morgan fingerprint density at radius 1 is 1.20 bits per heavy atom. The van der Waals surface area contributed by atoms with Crippen molar-refractivity contribution in [2.24, 2.45) is 0 Å². The highest BCUT2D eigenvalue weighted by Crippen LogP contribution is 2.47. The highest BCUT2D eigenvalue weighted by Gasteiger charge is 2.52. The zero-order valence-corrected chi connectivity index (χ0v) is 19.8. The molecule has 0 spiro atoms. The van der Waals surface area contributed by atoms with Gasteiger partial charge in [-0.25, -0.2) is 9.18 Å². The average molecular weight is 495 g/mol. The summed E-state index contributed by atoms with van der Waals surface area (Å²) in [5, 5.41) is 16.1. The van der Waals surface area contributed by atoms with Gasteiger partial charge in [-0.15, -0.1) is 0 Å². The maximum Gasteiger partial charge on any atom is 0.336 e. The van der Waals surface area contributed by atoms with Crippen LogP contribution in [-0.2, 0) is 21.7 Å². The van der Waals surface area contributed by atoms with Crippen molar-refractivity contribution in [1.29, 1.82) is 0 Å². The Bertz CT molecular complexity index is 1460. The molecule has 3 atom stereocenters. The Balaban J connectivity index is 1.26. The van der Waals surface area contributed by atoms with Crippen molar-refractivity contribution in [3.8, 4) is 16.9 Å². The number of ether oxygens (including phenoxy) is 3. The summed E-state index contributed by atoms with van der Waals surface area (Å²) in [6.45, 7) is 2.33. The molecule has 0 radical (unpaired) electrons. The molecule has 6 nitrogen and oxygen atoms in total. The van der Waals surface area contributed by atoms with Gasteiger partial charge >= 0.3 is 5.63 Å². The molecule has 2 aromatic heterocycles. The van der Waals surface area contributed by atoms with Crippen LogP contribution in [0.3, 0.4) is 0 Å². The normalized spacial score (nSPS) is 25.7. The van der Waals surface area contributed by atoms with Gasteiger partial charge in [0.05, 0.1) is 18.3 Å². The van der Waals surface area contributed by atoms with Crippen LogP contribution in [0.4, 0.5) is 4.39 Å². The van der Waals surface area contributed by atoms with E-state index in [0.717, 1.165) is 22.1 Å². The van der Waals surface area contributed by atoms with Gasteiger partial charge in [-0.2, -0.15) is 11.3 Å². The first-order valence-electron chi connectivity index (χ1n) is 11.4. The van der Waals surface area contributed by atoms with Gasteiger partial charge in [0.15, 0.2) is 5.79 Å². The van der Waals surface area contributed by atoms with Crippen molar-refractivity contribution in [2.45, 2.75) is 43.9 Å². The van der Waals surface area contributed by atoms with Crippen LogP contribution < -0.4 is 10.4 Å². The number of aliphatic hydroxyl groups is 1. The molecule has 0 aliphatic carbocycles. The SMILES string of the molecule is CC12CC(O)(c3cc(F)cc(OCc4ccc5c(-c6ccsc6)cc(=O)oc5c4)c3)CC(CO1)O2. The van der Waals surface area contributed by atoms with Crippen LogP contribution in [0.2, 0.25) is 0 Å². The average Bonchev–Trinajstić information content (AvgIpc) is 3.44. The van der Waals surface area contributed by atoms with Gasteiger partial charge in [0.25, 0.3) is 0 Å². The molecule has 2 fully saturated rings. The zero-order chi connectivity index (χ0) is 24.2. The molecule has 180 valence electrons. The van der Waals surface area contributed by atoms with Gasteiger partial charge in [0, 0.05) is 35.9 Å². The minimum Gasteiger partial charge on any atom is -0.489 e. The van der Waals surface area contributed by atoms with Gasteiger partial charge in [-0.1, -0.05) is 12.1 Å². The van der Waals surface area contributed by atoms with Gasteiger partial charge in [-0.05, 0) is 58.6 Å². The van der Waals surface area contributed by atoms with Crippen molar-refractivity contribution in [3.63, 3.8) is 0 Å². The van der Waals surface area contributed by atoms with Crippen LogP contribution in [0.15, 0.2) is 68.5 Å². The molecule has 3 unspecified atom stereocenters. The fourth-order valence-electron chi connectivity index (χ4n) is 5.12. The molecule has 1 N–H and O–H groups in total. The summed E-state index contributed by atoms with van der Waals surface area (Å²) in [6, 6.07) is 13.3. The third-order valence-electron chi connectivity index (χ3n) is 6.62. The van der Waals surface area contributed by atoms with Crippen molar-refractivity contribution < 1.29 is 28.1 Å². The van der Waals surface area contributed by atoms with Crippen LogP contribution in [0, 0.1) is 5.82 Å². The molecule has 35 heavy (non-hydrogen) atoms. The maximum absolute atomic E-state index is 14.5. The standard InChI is InChI=1S/C27H23FO6S/c1-26-15-27(30,11-21(34-26)13-32-26)18-7-19(28)9-20(8-18)31-12-16-2-3-22-23(17-4-5-35-14-17)10-25(29)33-24(22)6-16/h2-10,14,21,30H,11-13,15H2,1H3. The van der Waals surface area contributed by atoms with Crippen LogP contribution in [0.25, 0.3) is 22.1 Å². The van der Waals surface area contributed by atoms with Gasteiger partial charge in [0.2, 0.25) is 0 Å². The lowest BCUT2D eigenvalue weighted by atomic mass is 9.81. The number of halogens is 1. The first-order valence-corrected chi connectivity index (χ1v) is 12.3. The molecule has 2 aliphatic heterocycles. The second-order valence-electron chi connectivity index (χ2n) is 9.38. The van der Waals surface area contributed by atoms with Crippen molar-refractivity contribution >= 4 is 22.3 Å². The summed E-state index contributed by atoms with van der Waals surface area (Å²) in [7, 11) is 0. The molecule has 0 saturated carbocycles. The number of fused-ring (bicyclic) bond motifs is 3. The highest BCUT2D eigenvalue weighted by atomic mass is 32.1. The summed E-state index contributed by atoms with van der Waals surface area (Å²) >= 11 is 1.56.